The van der Waals surface area contributed by atoms with E-state index in [1.54, 1.807) is 24.3 Å². The molecule has 1 aliphatic heterocycles. The molecule has 1 fully saturated rings. The van der Waals surface area contributed by atoms with Crippen LogP contribution < -0.4 is 10.0 Å². The van der Waals surface area contributed by atoms with Crippen molar-refractivity contribution >= 4 is 21.6 Å². The van der Waals surface area contributed by atoms with Gasteiger partial charge in [0.15, 0.2) is 0 Å². The lowest BCUT2D eigenvalue weighted by Gasteiger charge is -2.35. The Morgan fingerprint density at radius 2 is 1.62 bits per heavy atom. The molecule has 3 rings (SSSR count). The lowest BCUT2D eigenvalue weighted by atomic mass is 10.1. The molecule has 1 amide bonds. The van der Waals surface area contributed by atoms with Crippen molar-refractivity contribution in [3.05, 3.63) is 59.7 Å². The van der Waals surface area contributed by atoms with Gasteiger partial charge in [0.1, 0.15) is 0 Å². The average Bonchev–Trinajstić information content (AvgIpc) is 2.68. The Hall–Kier alpha value is -2.26. The Morgan fingerprint density at radius 3 is 2.17 bits per heavy atom. The summed E-state index contributed by atoms with van der Waals surface area (Å²) >= 11 is 0. The van der Waals surface area contributed by atoms with E-state index in [1.165, 1.54) is 19.2 Å². The topological polar surface area (TPSA) is 87.7 Å². The maximum atomic E-state index is 12.5. The van der Waals surface area contributed by atoms with Gasteiger partial charge in [-0.05, 0) is 62.9 Å². The summed E-state index contributed by atoms with van der Waals surface area (Å²) in [6.07, 6.45) is 0.441. The summed E-state index contributed by atoms with van der Waals surface area (Å²) in [4.78, 5) is 15.0. The molecular weight excluding hydrogens is 390 g/mol. The number of sulfonamides is 1. The first-order chi connectivity index (χ1) is 13.8. The van der Waals surface area contributed by atoms with E-state index in [0.717, 1.165) is 25.2 Å². The molecule has 1 saturated heterocycles. The number of morpholine rings is 1. The van der Waals surface area contributed by atoms with Crippen molar-refractivity contribution in [3.8, 4) is 0 Å². The van der Waals surface area contributed by atoms with Crippen LogP contribution in [0.25, 0.3) is 0 Å². The third-order valence-corrected chi connectivity index (χ3v) is 6.24. The highest BCUT2D eigenvalue weighted by atomic mass is 32.2. The van der Waals surface area contributed by atoms with Gasteiger partial charge in [-0.2, -0.15) is 0 Å². The molecule has 0 bridgehead atoms. The number of amides is 1. The van der Waals surface area contributed by atoms with Crippen molar-refractivity contribution in [3.63, 3.8) is 0 Å². The molecule has 29 heavy (non-hydrogen) atoms. The molecule has 8 heteroatoms. The Bertz CT molecular complexity index is 933. The summed E-state index contributed by atoms with van der Waals surface area (Å²) in [5.41, 5.74) is 2.22. The van der Waals surface area contributed by atoms with E-state index in [1.807, 2.05) is 12.1 Å². The predicted molar refractivity (Wildman–Crippen MR) is 112 cm³/mol. The minimum absolute atomic E-state index is 0.147. The predicted octanol–water partition coefficient (Wildman–Crippen LogP) is 2.46. The zero-order valence-corrected chi connectivity index (χ0v) is 17.7. The number of benzene rings is 2. The highest BCUT2D eigenvalue weighted by Crippen LogP contribution is 2.17. The highest BCUT2D eigenvalue weighted by Gasteiger charge is 2.22. The molecule has 0 aromatic heterocycles. The van der Waals surface area contributed by atoms with Crippen LogP contribution in [0.3, 0.4) is 0 Å². The zero-order valence-electron chi connectivity index (χ0n) is 16.9. The molecular formula is C21H27N3O4S. The second kappa shape index (κ2) is 9.04. The number of carbonyl (C=O) groups excluding carboxylic acids is 1. The van der Waals surface area contributed by atoms with Gasteiger partial charge in [0.2, 0.25) is 10.0 Å². The number of nitrogens with zero attached hydrogens (tertiary/aromatic N) is 1. The van der Waals surface area contributed by atoms with Gasteiger partial charge in [-0.1, -0.05) is 12.1 Å². The third-order valence-electron chi connectivity index (χ3n) is 4.81. The molecule has 1 aliphatic rings. The van der Waals surface area contributed by atoms with E-state index in [-0.39, 0.29) is 23.0 Å². The van der Waals surface area contributed by atoms with Gasteiger partial charge in [0.05, 0.1) is 17.1 Å². The SMILES string of the molecule is CNS(=O)(=O)c1ccc(NC(=O)c2ccc(CN3CC(C)OC(C)C3)cc2)cc1. The van der Waals surface area contributed by atoms with Gasteiger partial charge in [-0.15, -0.1) is 0 Å². The van der Waals surface area contributed by atoms with Crippen molar-refractivity contribution in [2.75, 3.05) is 25.5 Å². The minimum atomic E-state index is -3.49. The standard InChI is InChI=1S/C21H27N3O4S/c1-15-12-24(13-16(2)28-15)14-17-4-6-18(7-5-17)21(25)23-19-8-10-20(11-9-19)29(26,27)22-3/h4-11,15-16,22H,12-14H2,1-3H3,(H,23,25). The van der Waals surface area contributed by atoms with Gasteiger partial charge >= 0.3 is 0 Å². The quantitative estimate of drug-likeness (QED) is 0.754. The van der Waals surface area contributed by atoms with Gasteiger partial charge in [0.25, 0.3) is 5.91 Å². The van der Waals surface area contributed by atoms with Crippen LogP contribution >= 0.6 is 0 Å². The summed E-state index contributed by atoms with van der Waals surface area (Å²) in [7, 11) is -2.14. The highest BCUT2D eigenvalue weighted by molar-refractivity contribution is 7.89. The fourth-order valence-electron chi connectivity index (χ4n) is 3.47. The van der Waals surface area contributed by atoms with E-state index >= 15 is 0 Å². The van der Waals surface area contributed by atoms with E-state index in [9.17, 15) is 13.2 Å². The van der Waals surface area contributed by atoms with Gasteiger partial charge < -0.3 is 10.1 Å². The number of anilines is 1. The summed E-state index contributed by atoms with van der Waals surface area (Å²) in [5, 5.41) is 2.79. The molecule has 2 unspecified atom stereocenters. The van der Waals surface area contributed by atoms with Crippen molar-refractivity contribution in [2.24, 2.45) is 0 Å². The number of ether oxygens (including phenoxy) is 1. The molecule has 2 atom stereocenters. The van der Waals surface area contributed by atoms with Crippen LogP contribution in [-0.4, -0.2) is 51.6 Å². The van der Waals surface area contributed by atoms with Crippen LogP contribution in [-0.2, 0) is 21.3 Å². The number of hydrogen-bond acceptors (Lipinski definition) is 5. The first-order valence-corrected chi connectivity index (χ1v) is 11.1. The molecule has 0 aliphatic carbocycles. The summed E-state index contributed by atoms with van der Waals surface area (Å²) in [5.74, 6) is -0.241. The van der Waals surface area contributed by atoms with E-state index in [4.69, 9.17) is 4.74 Å². The Labute approximate surface area is 172 Å². The summed E-state index contributed by atoms with van der Waals surface area (Å²) in [6.45, 7) is 6.77. The smallest absolute Gasteiger partial charge is 0.255 e. The number of hydrogen-bond donors (Lipinski definition) is 2. The minimum Gasteiger partial charge on any atom is -0.373 e. The second-order valence-electron chi connectivity index (χ2n) is 7.33. The maximum absolute atomic E-state index is 12.5. The third kappa shape index (κ3) is 5.63. The van der Waals surface area contributed by atoms with E-state index < -0.39 is 10.0 Å². The zero-order chi connectivity index (χ0) is 21.0. The maximum Gasteiger partial charge on any atom is 0.255 e. The molecule has 7 nitrogen and oxygen atoms in total. The van der Waals surface area contributed by atoms with Crippen LogP contribution in [0.1, 0.15) is 29.8 Å². The summed E-state index contributed by atoms with van der Waals surface area (Å²) < 4.78 is 31.5. The molecule has 2 aromatic rings. The number of nitrogens with one attached hydrogen (secondary N) is 2. The molecule has 0 saturated carbocycles. The Morgan fingerprint density at radius 1 is 1.03 bits per heavy atom. The van der Waals surface area contributed by atoms with Crippen molar-refractivity contribution < 1.29 is 17.9 Å². The monoisotopic (exact) mass is 417 g/mol. The molecule has 2 aromatic carbocycles. The lowest BCUT2D eigenvalue weighted by Crippen LogP contribution is -2.44. The normalized spacial score (nSPS) is 20.4. The Balaban J connectivity index is 1.60. The number of rotatable bonds is 6. The van der Waals surface area contributed by atoms with Crippen molar-refractivity contribution in [1.29, 1.82) is 0 Å². The molecule has 0 spiro atoms. The lowest BCUT2D eigenvalue weighted by molar-refractivity contribution is -0.0704. The fraction of sp³-hybridized carbons (Fsp3) is 0.381. The first-order valence-electron chi connectivity index (χ1n) is 9.58. The largest absolute Gasteiger partial charge is 0.373 e. The molecule has 0 radical (unpaired) electrons. The summed E-state index contributed by atoms with van der Waals surface area (Å²) in [6, 6.07) is 13.6. The molecule has 1 heterocycles. The van der Waals surface area contributed by atoms with Crippen LogP contribution in [0, 0.1) is 0 Å². The Kier molecular flexibility index (Phi) is 6.69. The van der Waals surface area contributed by atoms with Crippen LogP contribution in [0.2, 0.25) is 0 Å². The number of carbonyl (C=O) groups is 1. The van der Waals surface area contributed by atoms with Gasteiger partial charge in [0, 0.05) is 30.9 Å². The first kappa shape index (κ1) is 21.4. The second-order valence-corrected chi connectivity index (χ2v) is 9.22. The van der Waals surface area contributed by atoms with Crippen LogP contribution in [0.4, 0.5) is 5.69 Å². The van der Waals surface area contributed by atoms with Crippen LogP contribution in [0.15, 0.2) is 53.4 Å². The van der Waals surface area contributed by atoms with E-state index in [0.29, 0.717) is 11.3 Å². The fourth-order valence-corrected chi connectivity index (χ4v) is 4.20. The van der Waals surface area contributed by atoms with Crippen LogP contribution in [0.5, 0.6) is 0 Å². The molecule has 2 N–H and O–H groups in total. The van der Waals surface area contributed by atoms with E-state index in [2.05, 4.69) is 28.8 Å². The molecule has 156 valence electrons. The van der Waals surface area contributed by atoms with Gasteiger partial charge in [-0.3, -0.25) is 9.69 Å². The van der Waals surface area contributed by atoms with Crippen molar-refractivity contribution in [2.45, 2.75) is 37.5 Å². The van der Waals surface area contributed by atoms with Gasteiger partial charge in [-0.25, -0.2) is 13.1 Å². The average molecular weight is 418 g/mol. The van der Waals surface area contributed by atoms with Crippen molar-refractivity contribution in [1.82, 2.24) is 9.62 Å².